The Bertz CT molecular complexity index is 529. The molecular weight excluding hydrogens is 290 g/mol. The van der Waals surface area contributed by atoms with E-state index in [1.54, 1.807) is 0 Å². The van der Waals surface area contributed by atoms with Gasteiger partial charge in [-0.3, -0.25) is 4.79 Å². The molecule has 0 amide bonds. The largest absolute Gasteiger partial charge is 0.507 e. The van der Waals surface area contributed by atoms with Gasteiger partial charge in [0.1, 0.15) is 11.9 Å². The summed E-state index contributed by atoms with van der Waals surface area (Å²) in [4.78, 5) is 11.9. The number of para-hydroxylation sites is 1. The normalized spacial score (nSPS) is 17.9. The lowest BCUT2D eigenvalue weighted by Crippen LogP contribution is -2.48. The average Bonchev–Trinajstić information content (AvgIpc) is 2.50. The molecule has 128 valence electrons. The van der Waals surface area contributed by atoms with Crippen LogP contribution in [0.1, 0.15) is 43.2 Å². The smallest absolute Gasteiger partial charge is 0.306 e. The number of aromatic hydroxyl groups is 1. The number of esters is 1. The zero-order chi connectivity index (χ0) is 16.9. The van der Waals surface area contributed by atoms with E-state index in [0.29, 0.717) is 12.2 Å². The summed E-state index contributed by atoms with van der Waals surface area (Å²) in [6, 6.07) is 5.81. The molecule has 0 spiro atoms. The minimum atomic E-state index is -0.0735. The Kier molecular flexibility index (Phi) is 6.05. The van der Waals surface area contributed by atoms with E-state index in [2.05, 4.69) is 14.1 Å². The standard InChI is InChI=1S/C19H29NO3/c1-15-7-6-9-16(19(15)22)8-4-5-10-18(21)23-17-11-13-20(2,3)14-12-17/h6-7,9,17H,4-5,8,10-14H2,1-3H3/p+1. The fraction of sp³-hybridized carbons (Fsp3) is 0.632. The van der Waals surface area contributed by atoms with Gasteiger partial charge < -0.3 is 14.3 Å². The van der Waals surface area contributed by atoms with E-state index in [9.17, 15) is 9.90 Å². The van der Waals surface area contributed by atoms with Crippen LogP contribution in [0.4, 0.5) is 0 Å². The van der Waals surface area contributed by atoms with Gasteiger partial charge in [0.2, 0.25) is 0 Å². The lowest BCUT2D eigenvalue weighted by atomic mass is 10.0. The Morgan fingerprint density at radius 1 is 1.26 bits per heavy atom. The number of carbonyl (C=O) groups excluding carboxylic acids is 1. The van der Waals surface area contributed by atoms with E-state index >= 15 is 0 Å². The Labute approximate surface area is 139 Å². The molecular formula is C19H30NO3+. The number of aryl methyl sites for hydroxylation is 2. The first-order valence-corrected chi connectivity index (χ1v) is 8.66. The highest BCUT2D eigenvalue weighted by atomic mass is 16.5. The topological polar surface area (TPSA) is 46.5 Å². The minimum absolute atomic E-state index is 0.0735. The first kappa shape index (κ1) is 17.8. The van der Waals surface area contributed by atoms with Gasteiger partial charge in [0.05, 0.1) is 27.2 Å². The van der Waals surface area contributed by atoms with Crippen molar-refractivity contribution in [2.75, 3.05) is 27.2 Å². The van der Waals surface area contributed by atoms with E-state index in [0.717, 1.165) is 60.8 Å². The second-order valence-corrected chi connectivity index (χ2v) is 7.36. The third-order valence-corrected chi connectivity index (χ3v) is 4.81. The van der Waals surface area contributed by atoms with Crippen molar-refractivity contribution in [2.24, 2.45) is 0 Å². The molecule has 1 aliphatic heterocycles. The van der Waals surface area contributed by atoms with Gasteiger partial charge in [-0.15, -0.1) is 0 Å². The van der Waals surface area contributed by atoms with Crippen LogP contribution in [0.5, 0.6) is 5.75 Å². The number of unbranched alkanes of at least 4 members (excludes halogenated alkanes) is 1. The number of piperidine rings is 1. The number of phenols is 1. The number of hydrogen-bond acceptors (Lipinski definition) is 3. The molecule has 1 aliphatic rings. The fourth-order valence-electron chi connectivity index (χ4n) is 3.11. The van der Waals surface area contributed by atoms with Gasteiger partial charge >= 0.3 is 5.97 Å². The summed E-state index contributed by atoms with van der Waals surface area (Å²) in [5.41, 5.74) is 1.87. The maximum atomic E-state index is 11.9. The van der Waals surface area contributed by atoms with Crippen molar-refractivity contribution < 1.29 is 19.1 Å². The molecule has 23 heavy (non-hydrogen) atoms. The van der Waals surface area contributed by atoms with Gasteiger partial charge in [-0.05, 0) is 37.3 Å². The Hall–Kier alpha value is -1.55. The van der Waals surface area contributed by atoms with Gasteiger partial charge in [0, 0.05) is 19.3 Å². The molecule has 0 bridgehead atoms. The quantitative estimate of drug-likeness (QED) is 0.497. The number of ether oxygens (including phenoxy) is 1. The van der Waals surface area contributed by atoms with Crippen LogP contribution in [0.2, 0.25) is 0 Å². The second kappa shape index (κ2) is 7.82. The molecule has 1 aromatic rings. The van der Waals surface area contributed by atoms with Crippen LogP contribution in [-0.4, -0.2) is 48.8 Å². The van der Waals surface area contributed by atoms with Crippen molar-refractivity contribution in [3.8, 4) is 5.75 Å². The summed E-state index contributed by atoms with van der Waals surface area (Å²) in [6.07, 6.45) is 5.01. The predicted octanol–water partition coefficient (Wildman–Crippen LogP) is 3.20. The zero-order valence-corrected chi connectivity index (χ0v) is 14.7. The van der Waals surface area contributed by atoms with Crippen molar-refractivity contribution >= 4 is 5.97 Å². The number of carbonyl (C=O) groups is 1. The number of phenolic OH excluding ortho intramolecular Hbond substituents is 1. The third kappa shape index (κ3) is 5.54. The number of hydrogen-bond donors (Lipinski definition) is 1. The highest BCUT2D eigenvalue weighted by molar-refractivity contribution is 5.69. The van der Waals surface area contributed by atoms with Crippen LogP contribution in [-0.2, 0) is 16.0 Å². The molecule has 1 heterocycles. The van der Waals surface area contributed by atoms with Gasteiger partial charge in [0.25, 0.3) is 0 Å². The van der Waals surface area contributed by atoms with Crippen molar-refractivity contribution in [1.82, 2.24) is 0 Å². The molecule has 0 unspecified atom stereocenters. The zero-order valence-electron chi connectivity index (χ0n) is 14.7. The molecule has 0 radical (unpaired) electrons. The fourth-order valence-corrected chi connectivity index (χ4v) is 3.11. The maximum absolute atomic E-state index is 11.9. The number of benzene rings is 1. The summed E-state index contributed by atoms with van der Waals surface area (Å²) in [7, 11) is 4.44. The van der Waals surface area contributed by atoms with E-state index < -0.39 is 0 Å². The Balaban J connectivity index is 1.64. The van der Waals surface area contributed by atoms with Crippen molar-refractivity contribution in [1.29, 1.82) is 0 Å². The summed E-state index contributed by atoms with van der Waals surface area (Å²) >= 11 is 0. The van der Waals surface area contributed by atoms with Crippen molar-refractivity contribution in [2.45, 2.75) is 51.6 Å². The van der Waals surface area contributed by atoms with E-state index in [1.807, 2.05) is 25.1 Å². The van der Waals surface area contributed by atoms with Crippen LogP contribution in [0, 0.1) is 6.92 Å². The van der Waals surface area contributed by atoms with E-state index in [1.165, 1.54) is 0 Å². The number of quaternary nitrogens is 1. The molecule has 1 saturated heterocycles. The van der Waals surface area contributed by atoms with Crippen molar-refractivity contribution in [3.63, 3.8) is 0 Å². The van der Waals surface area contributed by atoms with Crippen LogP contribution >= 0.6 is 0 Å². The maximum Gasteiger partial charge on any atom is 0.306 e. The monoisotopic (exact) mass is 320 g/mol. The van der Waals surface area contributed by atoms with Crippen LogP contribution < -0.4 is 0 Å². The number of rotatable bonds is 6. The third-order valence-electron chi connectivity index (χ3n) is 4.81. The lowest BCUT2D eigenvalue weighted by Gasteiger charge is -2.36. The molecule has 0 aromatic heterocycles. The summed E-state index contributed by atoms with van der Waals surface area (Å²) in [5.74, 6) is 0.314. The molecule has 0 aliphatic carbocycles. The first-order valence-electron chi connectivity index (χ1n) is 8.66. The highest BCUT2D eigenvalue weighted by Gasteiger charge is 2.28. The van der Waals surface area contributed by atoms with Crippen LogP contribution in [0.15, 0.2) is 18.2 Å². The van der Waals surface area contributed by atoms with Gasteiger partial charge in [-0.25, -0.2) is 0 Å². The SMILES string of the molecule is Cc1cccc(CCCCC(=O)OC2CC[N+](C)(C)CC2)c1O. The van der Waals surface area contributed by atoms with Gasteiger partial charge in [0.15, 0.2) is 0 Å². The molecule has 1 aromatic carbocycles. The molecule has 4 nitrogen and oxygen atoms in total. The minimum Gasteiger partial charge on any atom is -0.507 e. The summed E-state index contributed by atoms with van der Waals surface area (Å²) in [6.45, 7) is 4.05. The summed E-state index contributed by atoms with van der Waals surface area (Å²) in [5, 5.41) is 9.97. The van der Waals surface area contributed by atoms with E-state index in [-0.39, 0.29) is 12.1 Å². The lowest BCUT2D eigenvalue weighted by molar-refractivity contribution is -0.896. The Morgan fingerprint density at radius 3 is 2.65 bits per heavy atom. The number of likely N-dealkylation sites (tertiary alicyclic amines) is 1. The molecule has 2 rings (SSSR count). The molecule has 0 saturated carbocycles. The van der Waals surface area contributed by atoms with Gasteiger partial charge in [-0.1, -0.05) is 18.2 Å². The molecule has 0 atom stereocenters. The van der Waals surface area contributed by atoms with Crippen molar-refractivity contribution in [3.05, 3.63) is 29.3 Å². The Morgan fingerprint density at radius 2 is 1.96 bits per heavy atom. The molecule has 1 N–H and O–H groups in total. The molecule has 1 fully saturated rings. The molecule has 4 heteroatoms. The number of nitrogens with zero attached hydrogens (tertiary/aromatic N) is 1. The highest BCUT2D eigenvalue weighted by Crippen LogP contribution is 2.23. The van der Waals surface area contributed by atoms with E-state index in [4.69, 9.17) is 4.74 Å². The first-order chi connectivity index (χ1) is 10.9. The van der Waals surface area contributed by atoms with Gasteiger partial charge in [-0.2, -0.15) is 0 Å². The summed E-state index contributed by atoms with van der Waals surface area (Å²) < 4.78 is 6.60. The van der Waals surface area contributed by atoms with Crippen LogP contribution in [0.25, 0.3) is 0 Å². The van der Waals surface area contributed by atoms with Crippen LogP contribution in [0.3, 0.4) is 0 Å². The predicted molar refractivity (Wildman–Crippen MR) is 91.4 cm³/mol. The average molecular weight is 320 g/mol. The second-order valence-electron chi connectivity index (χ2n) is 7.36.